The highest BCUT2D eigenvalue weighted by molar-refractivity contribution is 7.13. The quantitative estimate of drug-likeness (QED) is 0.320. The Hall–Kier alpha value is -3.62. The van der Waals surface area contributed by atoms with Crippen LogP contribution in [0.15, 0.2) is 72.4 Å². The van der Waals surface area contributed by atoms with Crippen LogP contribution in [0.1, 0.15) is 10.4 Å². The second-order valence-corrected chi connectivity index (χ2v) is 7.50. The first kappa shape index (κ1) is 19.7. The number of hydrogen-bond acceptors (Lipinski definition) is 6. The van der Waals surface area contributed by atoms with Gasteiger partial charge in [-0.25, -0.2) is 4.98 Å². The van der Waals surface area contributed by atoms with Crippen LogP contribution in [0.2, 0.25) is 5.02 Å². The molecule has 30 heavy (non-hydrogen) atoms. The number of carbonyl (C=O) groups is 1. The Morgan fingerprint density at radius 1 is 1.10 bits per heavy atom. The molecule has 1 N–H and O–H groups in total. The molecule has 0 atom stereocenters. The van der Waals surface area contributed by atoms with Gasteiger partial charge in [0.2, 0.25) is 0 Å². The molecule has 4 rings (SSSR count). The Morgan fingerprint density at radius 2 is 1.93 bits per heavy atom. The van der Waals surface area contributed by atoms with Crippen molar-refractivity contribution in [3.8, 4) is 21.8 Å². The number of non-ortho nitro benzene ring substituents is 1. The van der Waals surface area contributed by atoms with Crippen LogP contribution in [0.4, 0.5) is 11.4 Å². The Balaban J connectivity index is 1.57. The van der Waals surface area contributed by atoms with E-state index in [1.165, 1.54) is 23.5 Å². The molecule has 2 aromatic heterocycles. The number of nitrogens with zero attached hydrogens (tertiary/aromatic N) is 3. The summed E-state index contributed by atoms with van der Waals surface area (Å²) in [6.45, 7) is 0. The average molecular weight is 437 g/mol. The van der Waals surface area contributed by atoms with Gasteiger partial charge in [-0.05, 0) is 30.3 Å². The highest BCUT2D eigenvalue weighted by atomic mass is 35.5. The molecule has 0 aliphatic carbocycles. The molecule has 0 aliphatic heterocycles. The van der Waals surface area contributed by atoms with Crippen molar-refractivity contribution in [1.29, 1.82) is 0 Å². The molecule has 9 heteroatoms. The fourth-order valence-corrected chi connectivity index (χ4v) is 3.81. The third-order valence-corrected chi connectivity index (χ3v) is 5.46. The predicted molar refractivity (Wildman–Crippen MR) is 117 cm³/mol. The highest BCUT2D eigenvalue weighted by Gasteiger charge is 2.16. The molecule has 0 bridgehead atoms. The van der Waals surface area contributed by atoms with Gasteiger partial charge < -0.3 is 5.32 Å². The van der Waals surface area contributed by atoms with E-state index in [1.807, 2.05) is 23.6 Å². The van der Waals surface area contributed by atoms with E-state index in [0.29, 0.717) is 5.69 Å². The van der Waals surface area contributed by atoms with E-state index in [2.05, 4.69) is 15.3 Å². The maximum absolute atomic E-state index is 12.6. The number of halogens is 1. The number of nitro benzene ring substituents is 1. The van der Waals surface area contributed by atoms with Gasteiger partial charge in [-0.15, -0.1) is 11.3 Å². The van der Waals surface area contributed by atoms with Gasteiger partial charge in [0.15, 0.2) is 0 Å². The molecular formula is C21H13ClN4O3S. The van der Waals surface area contributed by atoms with Gasteiger partial charge in [-0.2, -0.15) is 0 Å². The molecule has 2 aromatic carbocycles. The van der Waals surface area contributed by atoms with E-state index in [9.17, 15) is 14.9 Å². The Kier molecular flexibility index (Phi) is 5.51. The molecular weight excluding hydrogens is 424 g/mol. The van der Waals surface area contributed by atoms with E-state index in [0.717, 1.165) is 27.9 Å². The molecule has 0 fully saturated rings. The van der Waals surface area contributed by atoms with Gasteiger partial charge in [0.25, 0.3) is 11.6 Å². The normalized spacial score (nSPS) is 10.6. The van der Waals surface area contributed by atoms with E-state index >= 15 is 0 Å². The number of benzene rings is 2. The van der Waals surface area contributed by atoms with Crippen LogP contribution in [-0.2, 0) is 0 Å². The summed E-state index contributed by atoms with van der Waals surface area (Å²) < 4.78 is 0. The summed E-state index contributed by atoms with van der Waals surface area (Å²) in [5, 5.41) is 16.6. The SMILES string of the molecule is O=C(Nc1cccc(-c2csc(-c3cccnc3)n2)c1)c1cc([N+](=O)[O-])ccc1Cl. The summed E-state index contributed by atoms with van der Waals surface area (Å²) >= 11 is 7.55. The molecule has 148 valence electrons. The number of amides is 1. The van der Waals surface area contributed by atoms with Crippen LogP contribution in [-0.4, -0.2) is 20.8 Å². The van der Waals surface area contributed by atoms with Crippen molar-refractivity contribution >= 4 is 40.2 Å². The predicted octanol–water partition coefficient (Wildman–Crippen LogP) is 5.69. The number of hydrogen-bond donors (Lipinski definition) is 1. The van der Waals surface area contributed by atoms with Crippen LogP contribution >= 0.6 is 22.9 Å². The zero-order chi connectivity index (χ0) is 21.1. The second kappa shape index (κ2) is 8.40. The molecule has 0 saturated heterocycles. The number of aromatic nitrogens is 2. The maximum atomic E-state index is 12.6. The van der Waals surface area contributed by atoms with Gasteiger partial charge in [-0.1, -0.05) is 23.7 Å². The first-order chi connectivity index (χ1) is 14.5. The number of pyridine rings is 1. The maximum Gasteiger partial charge on any atom is 0.270 e. The lowest BCUT2D eigenvalue weighted by Crippen LogP contribution is -2.12. The van der Waals surface area contributed by atoms with Crippen molar-refractivity contribution in [2.75, 3.05) is 5.32 Å². The second-order valence-electron chi connectivity index (χ2n) is 6.24. The van der Waals surface area contributed by atoms with Crippen molar-refractivity contribution in [3.05, 3.63) is 93.1 Å². The summed E-state index contributed by atoms with van der Waals surface area (Å²) in [5.41, 5.74) is 2.87. The van der Waals surface area contributed by atoms with E-state index in [4.69, 9.17) is 11.6 Å². The average Bonchev–Trinajstić information content (AvgIpc) is 3.25. The van der Waals surface area contributed by atoms with Crippen LogP contribution < -0.4 is 5.32 Å². The monoisotopic (exact) mass is 436 g/mol. The zero-order valence-electron chi connectivity index (χ0n) is 15.3. The minimum Gasteiger partial charge on any atom is -0.322 e. The molecule has 7 nitrogen and oxygen atoms in total. The van der Waals surface area contributed by atoms with Gasteiger partial charge in [-0.3, -0.25) is 19.9 Å². The molecule has 0 radical (unpaired) electrons. The van der Waals surface area contributed by atoms with Crippen molar-refractivity contribution in [3.63, 3.8) is 0 Å². The summed E-state index contributed by atoms with van der Waals surface area (Å²) in [6.07, 6.45) is 3.46. The Labute approximate surface area is 180 Å². The van der Waals surface area contributed by atoms with Gasteiger partial charge in [0, 0.05) is 46.7 Å². The fraction of sp³-hybridized carbons (Fsp3) is 0. The molecule has 0 aliphatic rings. The van der Waals surface area contributed by atoms with Crippen LogP contribution in [0.25, 0.3) is 21.8 Å². The number of nitro groups is 1. The van der Waals surface area contributed by atoms with Crippen molar-refractivity contribution in [2.45, 2.75) is 0 Å². The van der Waals surface area contributed by atoms with E-state index < -0.39 is 10.8 Å². The minimum absolute atomic E-state index is 0.0313. The van der Waals surface area contributed by atoms with Crippen molar-refractivity contribution in [2.24, 2.45) is 0 Å². The first-order valence-corrected chi connectivity index (χ1v) is 9.99. The molecule has 2 heterocycles. The fourth-order valence-electron chi connectivity index (χ4n) is 2.78. The third kappa shape index (κ3) is 4.19. The van der Waals surface area contributed by atoms with Crippen molar-refractivity contribution in [1.82, 2.24) is 9.97 Å². The van der Waals surface area contributed by atoms with E-state index in [-0.39, 0.29) is 16.3 Å². The van der Waals surface area contributed by atoms with Gasteiger partial charge in [0.1, 0.15) is 5.01 Å². The number of carbonyl (C=O) groups excluding carboxylic acids is 1. The molecule has 0 spiro atoms. The lowest BCUT2D eigenvalue weighted by atomic mass is 10.1. The molecule has 0 saturated carbocycles. The molecule has 4 aromatic rings. The lowest BCUT2D eigenvalue weighted by Gasteiger charge is -2.08. The summed E-state index contributed by atoms with van der Waals surface area (Å²) in [6, 6.07) is 14.7. The Morgan fingerprint density at radius 3 is 2.70 bits per heavy atom. The number of nitrogens with one attached hydrogen (secondary N) is 1. The van der Waals surface area contributed by atoms with Crippen LogP contribution in [0, 0.1) is 10.1 Å². The largest absolute Gasteiger partial charge is 0.322 e. The summed E-state index contributed by atoms with van der Waals surface area (Å²) in [4.78, 5) is 31.8. The molecule has 1 amide bonds. The minimum atomic E-state index is -0.574. The smallest absolute Gasteiger partial charge is 0.270 e. The van der Waals surface area contributed by atoms with Crippen molar-refractivity contribution < 1.29 is 9.72 Å². The lowest BCUT2D eigenvalue weighted by molar-refractivity contribution is -0.384. The van der Waals surface area contributed by atoms with E-state index in [1.54, 1.807) is 30.6 Å². The third-order valence-electron chi connectivity index (χ3n) is 4.23. The standard InChI is InChI=1S/C21H13ClN4O3S/c22-18-7-6-16(26(28)29)10-17(18)20(27)24-15-5-1-3-13(9-15)19-12-30-21(25-19)14-4-2-8-23-11-14/h1-12H,(H,24,27). The van der Waals surface area contributed by atoms with Gasteiger partial charge in [0.05, 0.1) is 21.2 Å². The highest BCUT2D eigenvalue weighted by Crippen LogP contribution is 2.30. The van der Waals surface area contributed by atoms with Gasteiger partial charge >= 0.3 is 0 Å². The topological polar surface area (TPSA) is 98.0 Å². The Bertz CT molecular complexity index is 1240. The molecule has 0 unspecified atom stereocenters. The first-order valence-electron chi connectivity index (χ1n) is 8.73. The summed E-state index contributed by atoms with van der Waals surface area (Å²) in [7, 11) is 0. The number of thiazole rings is 1. The van der Waals surface area contributed by atoms with Crippen LogP contribution in [0.5, 0.6) is 0 Å². The van der Waals surface area contributed by atoms with Crippen LogP contribution in [0.3, 0.4) is 0 Å². The number of rotatable bonds is 5. The number of anilines is 1. The summed E-state index contributed by atoms with van der Waals surface area (Å²) in [5.74, 6) is -0.532. The zero-order valence-corrected chi connectivity index (χ0v) is 16.9.